The summed E-state index contributed by atoms with van der Waals surface area (Å²) in [5.74, 6) is -3.11. The number of aliphatic hydroxyl groups excluding tert-OH is 1. The van der Waals surface area contributed by atoms with Gasteiger partial charge in [-0.05, 0) is 18.2 Å². The monoisotopic (exact) mass is 272 g/mol. The van der Waals surface area contributed by atoms with E-state index in [9.17, 15) is 18.3 Å². The standard InChI is InChI=1S/C13H8ClF3O/c14-8-4-2-5-9(15)11(8)13(18)7-3-1-6-10(16)12(7)17/h1-6,13,18H. The Morgan fingerprint density at radius 2 is 1.56 bits per heavy atom. The predicted octanol–water partition coefficient (Wildman–Crippen LogP) is 3.84. The van der Waals surface area contributed by atoms with Crippen LogP contribution in [0.25, 0.3) is 0 Å². The first kappa shape index (κ1) is 12.9. The Kier molecular flexibility index (Phi) is 3.59. The average molecular weight is 273 g/mol. The second-order valence-electron chi connectivity index (χ2n) is 3.68. The number of benzene rings is 2. The Labute approximate surface area is 106 Å². The van der Waals surface area contributed by atoms with Crippen LogP contribution in [0.3, 0.4) is 0 Å². The van der Waals surface area contributed by atoms with Crippen molar-refractivity contribution in [1.29, 1.82) is 0 Å². The molecule has 0 aliphatic heterocycles. The van der Waals surface area contributed by atoms with E-state index in [4.69, 9.17) is 11.6 Å². The van der Waals surface area contributed by atoms with E-state index in [1.54, 1.807) is 0 Å². The number of rotatable bonds is 2. The summed E-state index contributed by atoms with van der Waals surface area (Å²) in [6, 6.07) is 7.12. The van der Waals surface area contributed by atoms with Crippen molar-refractivity contribution in [2.45, 2.75) is 6.10 Å². The molecule has 0 aromatic heterocycles. The molecule has 0 radical (unpaired) electrons. The minimum absolute atomic E-state index is 0.0499. The highest BCUT2D eigenvalue weighted by atomic mass is 35.5. The van der Waals surface area contributed by atoms with E-state index < -0.39 is 23.6 Å². The Bertz CT molecular complexity index is 566. The second kappa shape index (κ2) is 5.00. The molecule has 2 rings (SSSR count). The predicted molar refractivity (Wildman–Crippen MR) is 61.8 cm³/mol. The molecule has 18 heavy (non-hydrogen) atoms. The normalized spacial score (nSPS) is 12.5. The summed E-state index contributed by atoms with van der Waals surface area (Å²) >= 11 is 5.75. The van der Waals surface area contributed by atoms with Crippen molar-refractivity contribution in [3.8, 4) is 0 Å². The zero-order valence-electron chi connectivity index (χ0n) is 9.00. The van der Waals surface area contributed by atoms with Gasteiger partial charge in [0.2, 0.25) is 0 Å². The zero-order chi connectivity index (χ0) is 13.3. The lowest BCUT2D eigenvalue weighted by Crippen LogP contribution is -2.07. The van der Waals surface area contributed by atoms with Gasteiger partial charge in [-0.3, -0.25) is 0 Å². The molecule has 5 heteroatoms. The zero-order valence-corrected chi connectivity index (χ0v) is 9.76. The highest BCUT2D eigenvalue weighted by molar-refractivity contribution is 6.31. The molecule has 0 spiro atoms. The van der Waals surface area contributed by atoms with Gasteiger partial charge in [0.1, 0.15) is 11.9 Å². The van der Waals surface area contributed by atoms with Gasteiger partial charge >= 0.3 is 0 Å². The first-order chi connectivity index (χ1) is 8.52. The molecule has 0 bridgehead atoms. The molecular formula is C13H8ClF3O. The second-order valence-corrected chi connectivity index (χ2v) is 4.09. The van der Waals surface area contributed by atoms with Gasteiger partial charge in [0, 0.05) is 16.1 Å². The number of hydrogen-bond acceptors (Lipinski definition) is 1. The summed E-state index contributed by atoms with van der Waals surface area (Å²) < 4.78 is 40.1. The van der Waals surface area contributed by atoms with Gasteiger partial charge in [-0.2, -0.15) is 0 Å². The fourth-order valence-electron chi connectivity index (χ4n) is 1.66. The van der Waals surface area contributed by atoms with Crippen LogP contribution in [0.4, 0.5) is 13.2 Å². The lowest BCUT2D eigenvalue weighted by Gasteiger charge is -2.14. The van der Waals surface area contributed by atoms with Crippen molar-refractivity contribution in [2.24, 2.45) is 0 Å². The molecule has 0 amide bonds. The first-order valence-corrected chi connectivity index (χ1v) is 5.46. The third-order valence-electron chi connectivity index (χ3n) is 2.55. The van der Waals surface area contributed by atoms with Crippen LogP contribution >= 0.6 is 11.6 Å². The topological polar surface area (TPSA) is 20.2 Å². The van der Waals surface area contributed by atoms with E-state index in [1.807, 2.05) is 0 Å². The van der Waals surface area contributed by atoms with Crippen LogP contribution in [0, 0.1) is 17.5 Å². The summed E-state index contributed by atoms with van der Waals surface area (Å²) in [4.78, 5) is 0. The Balaban J connectivity index is 2.55. The molecule has 1 nitrogen and oxygen atoms in total. The maximum Gasteiger partial charge on any atom is 0.164 e. The van der Waals surface area contributed by atoms with E-state index >= 15 is 0 Å². The quantitative estimate of drug-likeness (QED) is 0.881. The Hall–Kier alpha value is -1.52. The molecule has 1 unspecified atom stereocenters. The maximum atomic E-state index is 13.6. The molecule has 0 saturated carbocycles. The highest BCUT2D eigenvalue weighted by Gasteiger charge is 2.22. The summed E-state index contributed by atoms with van der Waals surface area (Å²) in [6.07, 6.45) is -1.66. The van der Waals surface area contributed by atoms with Crippen molar-refractivity contribution in [3.63, 3.8) is 0 Å². The van der Waals surface area contributed by atoms with Crippen molar-refractivity contribution in [3.05, 3.63) is 70.0 Å². The van der Waals surface area contributed by atoms with Crippen LogP contribution in [0.2, 0.25) is 5.02 Å². The lowest BCUT2D eigenvalue weighted by atomic mass is 10.0. The molecule has 0 fully saturated rings. The first-order valence-electron chi connectivity index (χ1n) is 5.08. The van der Waals surface area contributed by atoms with E-state index in [-0.39, 0.29) is 16.1 Å². The van der Waals surface area contributed by atoms with Crippen LogP contribution in [-0.4, -0.2) is 5.11 Å². The van der Waals surface area contributed by atoms with E-state index in [1.165, 1.54) is 24.3 Å². The fraction of sp³-hybridized carbons (Fsp3) is 0.0769. The van der Waals surface area contributed by atoms with Crippen LogP contribution in [0.15, 0.2) is 36.4 Å². The molecule has 1 N–H and O–H groups in total. The van der Waals surface area contributed by atoms with Crippen molar-refractivity contribution in [1.82, 2.24) is 0 Å². The number of aliphatic hydroxyl groups is 1. The van der Waals surface area contributed by atoms with Crippen molar-refractivity contribution < 1.29 is 18.3 Å². The maximum absolute atomic E-state index is 13.6. The third kappa shape index (κ3) is 2.21. The fourth-order valence-corrected chi connectivity index (χ4v) is 1.93. The van der Waals surface area contributed by atoms with Gasteiger partial charge in [0.05, 0.1) is 0 Å². The lowest BCUT2D eigenvalue weighted by molar-refractivity contribution is 0.208. The summed E-state index contributed by atoms with van der Waals surface area (Å²) in [6.45, 7) is 0. The van der Waals surface area contributed by atoms with Gasteiger partial charge < -0.3 is 5.11 Å². The van der Waals surface area contributed by atoms with Gasteiger partial charge in [-0.1, -0.05) is 29.8 Å². The van der Waals surface area contributed by atoms with E-state index in [0.29, 0.717) is 0 Å². The molecule has 2 aromatic rings. The van der Waals surface area contributed by atoms with Crippen molar-refractivity contribution in [2.75, 3.05) is 0 Å². The Morgan fingerprint density at radius 1 is 0.944 bits per heavy atom. The average Bonchev–Trinajstić information content (AvgIpc) is 2.32. The van der Waals surface area contributed by atoms with E-state index in [2.05, 4.69) is 0 Å². The SMILES string of the molecule is OC(c1cccc(F)c1F)c1c(F)cccc1Cl. The van der Waals surface area contributed by atoms with Crippen LogP contribution < -0.4 is 0 Å². The summed E-state index contributed by atoms with van der Waals surface area (Å²) in [7, 11) is 0. The minimum Gasteiger partial charge on any atom is -0.383 e. The largest absolute Gasteiger partial charge is 0.383 e. The van der Waals surface area contributed by atoms with Gasteiger partial charge in [-0.15, -0.1) is 0 Å². The van der Waals surface area contributed by atoms with Crippen LogP contribution in [0.5, 0.6) is 0 Å². The highest BCUT2D eigenvalue weighted by Crippen LogP contribution is 2.32. The molecule has 0 heterocycles. The molecule has 0 saturated heterocycles. The molecule has 2 aromatic carbocycles. The van der Waals surface area contributed by atoms with Crippen molar-refractivity contribution >= 4 is 11.6 Å². The number of hydrogen-bond donors (Lipinski definition) is 1. The number of halogens is 4. The smallest absolute Gasteiger partial charge is 0.164 e. The van der Waals surface area contributed by atoms with Gasteiger partial charge in [0.15, 0.2) is 11.6 Å². The summed E-state index contributed by atoms with van der Waals surface area (Å²) in [5, 5.41) is 9.88. The molecule has 94 valence electrons. The summed E-state index contributed by atoms with van der Waals surface area (Å²) in [5.41, 5.74) is -0.634. The minimum atomic E-state index is -1.66. The molecule has 0 aliphatic carbocycles. The third-order valence-corrected chi connectivity index (χ3v) is 2.88. The van der Waals surface area contributed by atoms with Crippen LogP contribution in [-0.2, 0) is 0 Å². The molecule has 1 atom stereocenters. The molecule has 0 aliphatic rings. The van der Waals surface area contributed by atoms with Gasteiger partial charge in [-0.25, -0.2) is 13.2 Å². The van der Waals surface area contributed by atoms with E-state index in [0.717, 1.165) is 12.1 Å². The molecular weight excluding hydrogens is 265 g/mol. The van der Waals surface area contributed by atoms with Crippen LogP contribution in [0.1, 0.15) is 17.2 Å². The van der Waals surface area contributed by atoms with Gasteiger partial charge in [0.25, 0.3) is 0 Å². The Morgan fingerprint density at radius 3 is 2.22 bits per heavy atom.